The van der Waals surface area contributed by atoms with Crippen LogP contribution in [-0.4, -0.2) is 14.2 Å². The van der Waals surface area contributed by atoms with Crippen LogP contribution >= 0.6 is 0 Å². The molecule has 58 valence electrons. The van der Waals surface area contributed by atoms with E-state index in [1.54, 1.807) is 26.3 Å². The summed E-state index contributed by atoms with van der Waals surface area (Å²) in [5.41, 5.74) is 0.754. The summed E-state index contributed by atoms with van der Waals surface area (Å²) in [4.78, 5) is 0. The van der Waals surface area contributed by atoms with E-state index in [9.17, 15) is 0 Å². The standard InChI is InChI=1S/C8H10N2O/c1-10(9)7-4-3-5-8(6-7)11-2/h5-6H,9H2,1-2H3. The molecule has 0 aromatic heterocycles. The number of hydrogen-bond donors (Lipinski definition) is 1. The van der Waals surface area contributed by atoms with E-state index in [1.165, 1.54) is 5.01 Å². The fourth-order valence-corrected chi connectivity index (χ4v) is 0.702. The first-order valence-electron chi connectivity index (χ1n) is 3.20. The number of ether oxygens (including phenoxy) is 1. The Morgan fingerprint density at radius 2 is 2.36 bits per heavy atom. The van der Waals surface area contributed by atoms with E-state index in [1.807, 2.05) is 0 Å². The third-order valence-electron chi connectivity index (χ3n) is 1.31. The number of anilines is 1. The van der Waals surface area contributed by atoms with Gasteiger partial charge in [0, 0.05) is 19.2 Å². The largest absolute Gasteiger partial charge is 0.496 e. The van der Waals surface area contributed by atoms with Gasteiger partial charge in [-0.1, -0.05) is 6.07 Å². The molecule has 0 spiro atoms. The quantitative estimate of drug-likeness (QED) is 0.495. The number of hydrogen-bond acceptors (Lipinski definition) is 3. The highest BCUT2D eigenvalue weighted by Gasteiger charge is 1.94. The van der Waals surface area contributed by atoms with Gasteiger partial charge in [0.15, 0.2) is 0 Å². The number of methoxy groups -OCH3 is 1. The second kappa shape index (κ2) is 3.13. The van der Waals surface area contributed by atoms with Gasteiger partial charge >= 0.3 is 0 Å². The summed E-state index contributed by atoms with van der Waals surface area (Å²) < 4.78 is 4.97. The van der Waals surface area contributed by atoms with Gasteiger partial charge in [0.05, 0.1) is 7.11 Å². The first-order chi connectivity index (χ1) is 5.24. The molecule has 11 heavy (non-hydrogen) atoms. The van der Waals surface area contributed by atoms with Crippen LogP contribution in [0.25, 0.3) is 0 Å². The first kappa shape index (κ1) is 7.70. The Hall–Kier alpha value is -1.40. The second-order valence-corrected chi connectivity index (χ2v) is 2.16. The van der Waals surface area contributed by atoms with Gasteiger partial charge in [-0.05, 0) is 6.07 Å². The van der Waals surface area contributed by atoms with Crippen molar-refractivity contribution < 1.29 is 4.74 Å². The van der Waals surface area contributed by atoms with Crippen LogP contribution in [0.4, 0.5) is 5.69 Å². The molecule has 0 saturated carbocycles. The van der Waals surface area contributed by atoms with E-state index in [0.29, 0.717) is 0 Å². The summed E-state index contributed by atoms with van der Waals surface area (Å²) in [6.07, 6.45) is 0. The molecule has 3 heteroatoms. The molecule has 0 aliphatic rings. The second-order valence-electron chi connectivity index (χ2n) is 2.16. The van der Waals surface area contributed by atoms with Crippen molar-refractivity contribution in [2.75, 3.05) is 19.2 Å². The average molecular weight is 150 g/mol. The lowest BCUT2D eigenvalue weighted by Gasteiger charge is -2.09. The van der Waals surface area contributed by atoms with Gasteiger partial charge < -0.3 is 9.75 Å². The molecule has 0 amide bonds. The molecular formula is C8H10N2O. The maximum Gasteiger partial charge on any atom is 0.129 e. The van der Waals surface area contributed by atoms with Crippen molar-refractivity contribution in [3.63, 3.8) is 0 Å². The maximum absolute atomic E-state index is 5.46. The Kier molecular flexibility index (Phi) is 2.19. The highest BCUT2D eigenvalue weighted by molar-refractivity contribution is 5.44. The molecule has 0 fully saturated rings. The number of nitrogens with zero attached hydrogens (tertiary/aromatic N) is 1. The molecule has 0 radical (unpaired) electrons. The molecule has 0 heterocycles. The van der Waals surface area contributed by atoms with Crippen molar-refractivity contribution in [2.24, 2.45) is 5.84 Å². The Bertz CT molecular complexity index is 235. The summed E-state index contributed by atoms with van der Waals surface area (Å²) >= 11 is 0. The van der Waals surface area contributed by atoms with E-state index in [-0.39, 0.29) is 0 Å². The zero-order valence-corrected chi connectivity index (χ0v) is 6.59. The van der Waals surface area contributed by atoms with Crippen molar-refractivity contribution in [2.45, 2.75) is 0 Å². The molecule has 0 aliphatic heterocycles. The SMILES string of the molecule is COc1cc#cc(N(C)N)c1. The molecule has 1 aromatic rings. The summed E-state index contributed by atoms with van der Waals surface area (Å²) in [7, 11) is 3.34. The lowest BCUT2D eigenvalue weighted by atomic mass is 10.3. The van der Waals surface area contributed by atoms with Crippen LogP contribution in [0.1, 0.15) is 0 Å². The van der Waals surface area contributed by atoms with Gasteiger partial charge in [-0.3, -0.25) is 0 Å². The summed E-state index contributed by atoms with van der Waals surface area (Å²) in [6, 6.07) is 9.12. The van der Waals surface area contributed by atoms with Gasteiger partial charge in [0.2, 0.25) is 0 Å². The molecule has 0 atom stereocenters. The van der Waals surface area contributed by atoms with Gasteiger partial charge in [-0.2, -0.15) is 0 Å². The van der Waals surface area contributed by atoms with Crippen LogP contribution in [0.2, 0.25) is 0 Å². The number of nitrogens with two attached hydrogens (primary N) is 1. The molecule has 0 saturated heterocycles. The first-order valence-corrected chi connectivity index (χ1v) is 3.20. The maximum atomic E-state index is 5.46. The van der Waals surface area contributed by atoms with Crippen molar-refractivity contribution in [1.29, 1.82) is 0 Å². The predicted octanol–water partition coefficient (Wildman–Crippen LogP) is 0.605. The number of hydrazine groups is 1. The smallest absolute Gasteiger partial charge is 0.129 e. The van der Waals surface area contributed by atoms with E-state index in [0.717, 1.165) is 11.4 Å². The molecule has 3 nitrogen and oxygen atoms in total. The average Bonchev–Trinajstić information content (AvgIpc) is 2.05. The highest BCUT2D eigenvalue weighted by atomic mass is 16.5. The lowest BCUT2D eigenvalue weighted by molar-refractivity contribution is 0.415. The Balaban J connectivity index is 2.91. The molecule has 1 rings (SSSR count). The lowest BCUT2D eigenvalue weighted by Crippen LogP contribution is -2.24. The minimum atomic E-state index is 0.732. The Labute approximate surface area is 66.3 Å². The van der Waals surface area contributed by atoms with Crippen LogP contribution in [0, 0.1) is 12.1 Å². The van der Waals surface area contributed by atoms with Gasteiger partial charge in [-0.15, -0.1) is 0 Å². The topological polar surface area (TPSA) is 38.5 Å². The zero-order valence-electron chi connectivity index (χ0n) is 6.59. The highest BCUT2D eigenvalue weighted by Crippen LogP contribution is 2.13. The van der Waals surface area contributed by atoms with Crippen molar-refractivity contribution >= 4 is 5.69 Å². The minimum Gasteiger partial charge on any atom is -0.496 e. The Morgan fingerprint density at radius 3 is 2.91 bits per heavy atom. The monoisotopic (exact) mass is 150 g/mol. The summed E-state index contributed by atoms with van der Waals surface area (Å²) in [5.74, 6) is 6.20. The zero-order chi connectivity index (χ0) is 8.27. The van der Waals surface area contributed by atoms with Crippen LogP contribution < -0.4 is 15.6 Å². The van der Waals surface area contributed by atoms with Crippen molar-refractivity contribution in [3.8, 4) is 5.75 Å². The normalized spacial score (nSPS) is 8.64. The summed E-state index contributed by atoms with van der Waals surface area (Å²) in [5, 5.41) is 1.46. The Morgan fingerprint density at radius 1 is 1.64 bits per heavy atom. The fraction of sp³-hybridized carbons (Fsp3) is 0.250. The number of rotatable bonds is 2. The van der Waals surface area contributed by atoms with Gasteiger partial charge in [0.25, 0.3) is 0 Å². The third-order valence-corrected chi connectivity index (χ3v) is 1.31. The molecule has 0 aliphatic carbocycles. The van der Waals surface area contributed by atoms with Crippen molar-refractivity contribution in [1.82, 2.24) is 0 Å². The van der Waals surface area contributed by atoms with Crippen LogP contribution in [0.15, 0.2) is 12.1 Å². The third kappa shape index (κ3) is 1.76. The van der Waals surface area contributed by atoms with Crippen LogP contribution in [0.5, 0.6) is 5.75 Å². The fourth-order valence-electron chi connectivity index (χ4n) is 0.702. The van der Waals surface area contributed by atoms with E-state index >= 15 is 0 Å². The summed E-state index contributed by atoms with van der Waals surface area (Å²) in [6.45, 7) is 0. The van der Waals surface area contributed by atoms with Crippen LogP contribution in [0.3, 0.4) is 0 Å². The molecular weight excluding hydrogens is 140 g/mol. The van der Waals surface area contributed by atoms with E-state index in [4.69, 9.17) is 10.6 Å². The van der Waals surface area contributed by atoms with E-state index in [2.05, 4.69) is 12.1 Å². The van der Waals surface area contributed by atoms with Crippen molar-refractivity contribution in [3.05, 3.63) is 24.3 Å². The van der Waals surface area contributed by atoms with Gasteiger partial charge in [-0.25, -0.2) is 5.84 Å². The molecule has 0 unspecified atom stereocenters. The molecule has 1 aromatic carbocycles. The van der Waals surface area contributed by atoms with Crippen LogP contribution in [-0.2, 0) is 0 Å². The van der Waals surface area contributed by atoms with Gasteiger partial charge in [0.1, 0.15) is 11.4 Å². The minimum absolute atomic E-state index is 0.732. The predicted molar refractivity (Wildman–Crippen MR) is 43.3 cm³/mol. The van der Waals surface area contributed by atoms with E-state index < -0.39 is 0 Å². The molecule has 2 N–H and O–H groups in total. The molecule has 0 bridgehead atoms.